The molecule has 2 unspecified atom stereocenters. The molecule has 1 aromatic heterocycles. The van der Waals surface area contributed by atoms with Crippen LogP contribution in [0.1, 0.15) is 36.0 Å². The molecule has 0 radical (unpaired) electrons. The molecule has 96 valence electrons. The van der Waals surface area contributed by atoms with Crippen molar-refractivity contribution >= 4 is 11.8 Å². The van der Waals surface area contributed by atoms with Crippen LogP contribution in [0.3, 0.4) is 0 Å². The predicted molar refractivity (Wildman–Crippen MR) is 68.9 cm³/mol. The van der Waals surface area contributed by atoms with Gasteiger partial charge in [0, 0.05) is 19.3 Å². The molecule has 4 heteroatoms. The molecule has 0 bridgehead atoms. The fourth-order valence-electron chi connectivity index (χ4n) is 3.39. The summed E-state index contributed by atoms with van der Waals surface area (Å²) in [6.45, 7) is 1.95. The zero-order chi connectivity index (χ0) is 12.5. The van der Waals surface area contributed by atoms with Gasteiger partial charge < -0.3 is 10.0 Å². The van der Waals surface area contributed by atoms with Crippen LogP contribution in [0.2, 0.25) is 0 Å². The van der Waals surface area contributed by atoms with Crippen molar-refractivity contribution in [2.75, 3.05) is 18.0 Å². The first-order valence-corrected chi connectivity index (χ1v) is 6.69. The van der Waals surface area contributed by atoms with Crippen molar-refractivity contribution in [1.29, 1.82) is 0 Å². The molecule has 2 fully saturated rings. The number of aromatic carboxylic acids is 1. The lowest BCUT2D eigenvalue weighted by Gasteiger charge is -2.22. The van der Waals surface area contributed by atoms with E-state index in [2.05, 4.69) is 9.88 Å². The second kappa shape index (κ2) is 4.59. The van der Waals surface area contributed by atoms with Crippen LogP contribution in [0, 0.1) is 11.8 Å². The Balaban J connectivity index is 1.85. The van der Waals surface area contributed by atoms with E-state index < -0.39 is 5.97 Å². The maximum atomic E-state index is 11.2. The zero-order valence-electron chi connectivity index (χ0n) is 10.4. The summed E-state index contributed by atoms with van der Waals surface area (Å²) < 4.78 is 0. The Morgan fingerprint density at radius 1 is 1.28 bits per heavy atom. The molecule has 0 aromatic carbocycles. The van der Waals surface area contributed by atoms with Crippen LogP contribution in [0.15, 0.2) is 18.3 Å². The van der Waals surface area contributed by atoms with Gasteiger partial charge in [0.25, 0.3) is 0 Å². The summed E-state index contributed by atoms with van der Waals surface area (Å²) in [6, 6.07) is 3.34. The van der Waals surface area contributed by atoms with E-state index >= 15 is 0 Å². The molecule has 0 amide bonds. The van der Waals surface area contributed by atoms with Crippen LogP contribution in [-0.2, 0) is 0 Å². The van der Waals surface area contributed by atoms with Gasteiger partial charge in [0.1, 0.15) is 11.4 Å². The molecule has 4 nitrogen and oxygen atoms in total. The highest BCUT2D eigenvalue weighted by molar-refractivity contribution is 5.93. The number of anilines is 1. The summed E-state index contributed by atoms with van der Waals surface area (Å²) in [4.78, 5) is 17.7. The number of fused-ring (bicyclic) bond motifs is 1. The molecular weight excluding hydrogens is 228 g/mol. The van der Waals surface area contributed by atoms with Crippen LogP contribution in [0.4, 0.5) is 5.82 Å². The molecule has 1 saturated heterocycles. The minimum Gasteiger partial charge on any atom is -0.478 e. The van der Waals surface area contributed by atoms with E-state index in [4.69, 9.17) is 0 Å². The number of carboxylic acid groups (broad SMARTS) is 1. The third-order valence-corrected chi connectivity index (χ3v) is 4.29. The second-order valence-corrected chi connectivity index (χ2v) is 5.39. The third-order valence-electron chi connectivity index (χ3n) is 4.29. The maximum absolute atomic E-state index is 11.2. The topological polar surface area (TPSA) is 53.4 Å². The second-order valence-electron chi connectivity index (χ2n) is 5.39. The van der Waals surface area contributed by atoms with Crippen molar-refractivity contribution in [3.63, 3.8) is 0 Å². The number of nitrogens with zero attached hydrogens (tertiary/aromatic N) is 2. The third kappa shape index (κ3) is 1.96. The lowest BCUT2D eigenvalue weighted by Crippen LogP contribution is -2.23. The smallest absolute Gasteiger partial charge is 0.339 e. The van der Waals surface area contributed by atoms with Crippen molar-refractivity contribution in [1.82, 2.24) is 4.98 Å². The number of carbonyl (C=O) groups is 1. The number of pyridine rings is 1. The fourth-order valence-corrected chi connectivity index (χ4v) is 3.39. The molecule has 1 saturated carbocycles. The molecule has 2 aliphatic rings. The molecule has 2 atom stereocenters. The standard InChI is InChI=1S/C14H18N2O2/c17-14(18)12-6-3-7-15-13(12)16-8-10-4-1-2-5-11(10)9-16/h3,6-7,10-11H,1-2,4-5,8-9H2,(H,17,18). The van der Waals surface area contributed by atoms with Gasteiger partial charge in [-0.3, -0.25) is 0 Å². The summed E-state index contributed by atoms with van der Waals surface area (Å²) in [5.41, 5.74) is 0.330. The monoisotopic (exact) mass is 246 g/mol. The van der Waals surface area contributed by atoms with Gasteiger partial charge in [-0.05, 0) is 36.8 Å². The van der Waals surface area contributed by atoms with Crippen molar-refractivity contribution in [2.24, 2.45) is 11.8 Å². The largest absolute Gasteiger partial charge is 0.478 e. The normalized spacial score (nSPS) is 27.0. The Morgan fingerprint density at radius 3 is 2.56 bits per heavy atom. The highest BCUT2D eigenvalue weighted by Gasteiger charge is 2.35. The number of hydrogen-bond donors (Lipinski definition) is 1. The lowest BCUT2D eigenvalue weighted by molar-refractivity contribution is 0.0697. The van der Waals surface area contributed by atoms with Crippen molar-refractivity contribution in [2.45, 2.75) is 25.7 Å². The van der Waals surface area contributed by atoms with Crippen molar-refractivity contribution in [3.8, 4) is 0 Å². The average molecular weight is 246 g/mol. The van der Waals surface area contributed by atoms with E-state index in [0.29, 0.717) is 11.4 Å². The maximum Gasteiger partial charge on any atom is 0.339 e. The summed E-state index contributed by atoms with van der Waals surface area (Å²) in [6.07, 6.45) is 6.91. The first kappa shape index (κ1) is 11.5. The quantitative estimate of drug-likeness (QED) is 0.870. The van der Waals surface area contributed by atoms with Gasteiger partial charge in [0.05, 0.1) is 0 Å². The summed E-state index contributed by atoms with van der Waals surface area (Å²) >= 11 is 0. The SMILES string of the molecule is O=C(O)c1cccnc1N1CC2CCCCC2C1. The Hall–Kier alpha value is -1.58. The first-order chi connectivity index (χ1) is 8.75. The van der Waals surface area contributed by atoms with Crippen LogP contribution in [0.5, 0.6) is 0 Å². The Labute approximate surface area is 107 Å². The molecule has 1 aliphatic carbocycles. The fraction of sp³-hybridized carbons (Fsp3) is 0.571. The van der Waals surface area contributed by atoms with Gasteiger partial charge in [-0.1, -0.05) is 12.8 Å². The number of carboxylic acids is 1. The van der Waals surface area contributed by atoms with Crippen LogP contribution in [0.25, 0.3) is 0 Å². The molecule has 1 N–H and O–H groups in total. The van der Waals surface area contributed by atoms with Gasteiger partial charge in [0.2, 0.25) is 0 Å². The number of aromatic nitrogens is 1. The van der Waals surface area contributed by atoms with E-state index in [0.717, 1.165) is 24.9 Å². The minimum atomic E-state index is -0.882. The molecular formula is C14H18N2O2. The van der Waals surface area contributed by atoms with Gasteiger partial charge in [-0.2, -0.15) is 0 Å². The minimum absolute atomic E-state index is 0.330. The van der Waals surface area contributed by atoms with E-state index in [1.807, 2.05) is 0 Å². The summed E-state index contributed by atoms with van der Waals surface area (Å²) in [7, 11) is 0. The molecule has 18 heavy (non-hydrogen) atoms. The molecule has 1 aromatic rings. The van der Waals surface area contributed by atoms with Gasteiger partial charge in [0.15, 0.2) is 0 Å². The van der Waals surface area contributed by atoms with Gasteiger partial charge >= 0.3 is 5.97 Å². The Bertz CT molecular complexity index is 447. The van der Waals surface area contributed by atoms with Crippen LogP contribution in [-0.4, -0.2) is 29.1 Å². The predicted octanol–water partition coefficient (Wildman–Crippen LogP) is 2.41. The van der Waals surface area contributed by atoms with Gasteiger partial charge in [-0.15, -0.1) is 0 Å². The first-order valence-electron chi connectivity index (χ1n) is 6.69. The highest BCUT2D eigenvalue weighted by Crippen LogP contribution is 2.38. The molecule has 1 aliphatic heterocycles. The van der Waals surface area contributed by atoms with Crippen LogP contribution < -0.4 is 4.90 Å². The Morgan fingerprint density at radius 2 is 1.94 bits per heavy atom. The van der Waals surface area contributed by atoms with Gasteiger partial charge in [-0.25, -0.2) is 9.78 Å². The van der Waals surface area contributed by atoms with E-state index in [1.54, 1.807) is 18.3 Å². The van der Waals surface area contributed by atoms with E-state index in [-0.39, 0.29) is 0 Å². The molecule has 2 heterocycles. The number of rotatable bonds is 2. The molecule has 0 spiro atoms. The van der Waals surface area contributed by atoms with E-state index in [9.17, 15) is 9.90 Å². The average Bonchev–Trinajstić information content (AvgIpc) is 2.82. The molecule has 3 rings (SSSR count). The highest BCUT2D eigenvalue weighted by atomic mass is 16.4. The van der Waals surface area contributed by atoms with Crippen molar-refractivity contribution in [3.05, 3.63) is 23.9 Å². The lowest BCUT2D eigenvalue weighted by atomic mass is 9.82. The Kier molecular flexibility index (Phi) is 2.94. The van der Waals surface area contributed by atoms with Crippen LogP contribution >= 0.6 is 0 Å². The van der Waals surface area contributed by atoms with E-state index in [1.165, 1.54) is 25.7 Å². The summed E-state index contributed by atoms with van der Waals surface area (Å²) in [5.74, 6) is 1.25. The number of hydrogen-bond acceptors (Lipinski definition) is 3. The summed E-state index contributed by atoms with van der Waals surface area (Å²) in [5, 5.41) is 9.22. The van der Waals surface area contributed by atoms with Crippen molar-refractivity contribution < 1.29 is 9.90 Å². The zero-order valence-corrected chi connectivity index (χ0v) is 10.4.